The van der Waals surface area contributed by atoms with Crippen molar-refractivity contribution in [3.05, 3.63) is 73.2 Å². The molecule has 2 aromatic heterocycles. The topological polar surface area (TPSA) is 82.4 Å². The predicted octanol–water partition coefficient (Wildman–Crippen LogP) is 3.35. The van der Waals surface area contributed by atoms with Gasteiger partial charge in [-0.1, -0.05) is 0 Å². The maximum atomic E-state index is 13.7. The summed E-state index contributed by atoms with van der Waals surface area (Å²) < 4.78 is 27.0. The Bertz CT molecular complexity index is 1270. The molecule has 1 saturated heterocycles. The minimum Gasteiger partial charge on any atom is -0.491 e. The van der Waals surface area contributed by atoms with Crippen molar-refractivity contribution in [3.63, 3.8) is 0 Å². The van der Waals surface area contributed by atoms with Crippen LogP contribution < -0.4 is 4.74 Å². The van der Waals surface area contributed by atoms with Crippen LogP contribution in [-0.4, -0.2) is 68.7 Å². The summed E-state index contributed by atoms with van der Waals surface area (Å²) in [5.74, 6) is 0.658. The zero-order chi connectivity index (χ0) is 23.3. The lowest BCUT2D eigenvalue weighted by Crippen LogP contribution is -2.48. The highest BCUT2D eigenvalue weighted by Crippen LogP contribution is 2.27. The largest absolute Gasteiger partial charge is 0.491 e. The summed E-state index contributed by atoms with van der Waals surface area (Å²) in [7, 11) is 0. The lowest BCUT2D eigenvalue weighted by Gasteiger charge is -2.32. The summed E-state index contributed by atoms with van der Waals surface area (Å²) in [6.07, 6.45) is 4.57. The second-order valence-electron chi connectivity index (χ2n) is 7.74. The van der Waals surface area contributed by atoms with Crippen LogP contribution in [0.2, 0.25) is 0 Å². The maximum absolute atomic E-state index is 13.7. The quantitative estimate of drug-likeness (QED) is 0.376. The molecule has 10 heteroatoms. The van der Waals surface area contributed by atoms with Crippen LogP contribution in [0.1, 0.15) is 0 Å². The number of nitrogens with zero attached hydrogens (tertiary/aromatic N) is 5. The zero-order valence-electron chi connectivity index (χ0n) is 18.2. The monoisotopic (exact) mass is 479 g/mol. The number of thioether (sulfide) groups is 1. The van der Waals surface area contributed by atoms with Gasteiger partial charge in [0.2, 0.25) is 5.91 Å². The molecule has 0 spiro atoms. The molecular formula is C24H22FN5O3S. The fourth-order valence-corrected chi connectivity index (χ4v) is 4.66. The molecule has 5 rings (SSSR count). The van der Waals surface area contributed by atoms with Crippen molar-refractivity contribution in [1.29, 1.82) is 0 Å². The standard InChI is InChI=1S/C24H22FN5O3S/c25-17-1-6-22-21(11-17)23(7-8-27-22)34-14-24(31)29-9-10-32-20(12-29)13-33-19-4-2-18(3-5-19)30-16-26-15-28-30/h1-8,11,15-16,20H,9-10,12-14H2. The molecule has 0 aliphatic carbocycles. The van der Waals surface area contributed by atoms with E-state index in [1.165, 1.54) is 30.2 Å². The Kier molecular flexibility index (Phi) is 6.68. The highest BCUT2D eigenvalue weighted by Gasteiger charge is 2.25. The SMILES string of the molecule is O=C(CSc1ccnc2ccc(F)cc12)N1CCOC(COc2ccc(-n3cncn3)cc2)C1. The number of ether oxygens (including phenoxy) is 2. The third kappa shape index (κ3) is 5.18. The first kappa shape index (κ1) is 22.3. The summed E-state index contributed by atoms with van der Waals surface area (Å²) >= 11 is 1.39. The van der Waals surface area contributed by atoms with Gasteiger partial charge in [0, 0.05) is 23.0 Å². The van der Waals surface area contributed by atoms with Crippen LogP contribution in [0.25, 0.3) is 16.6 Å². The molecule has 1 amide bonds. The van der Waals surface area contributed by atoms with Crippen LogP contribution in [0, 0.1) is 5.82 Å². The molecule has 34 heavy (non-hydrogen) atoms. The molecular weight excluding hydrogens is 457 g/mol. The van der Waals surface area contributed by atoms with E-state index in [1.807, 2.05) is 30.3 Å². The summed E-state index contributed by atoms with van der Waals surface area (Å²) in [5.41, 5.74) is 1.59. The third-order valence-electron chi connectivity index (χ3n) is 5.46. The number of fused-ring (bicyclic) bond motifs is 1. The average molecular weight is 480 g/mol. The molecule has 1 fully saturated rings. The van der Waals surface area contributed by atoms with Crippen molar-refractivity contribution >= 4 is 28.6 Å². The first-order valence-electron chi connectivity index (χ1n) is 10.8. The number of amides is 1. The normalized spacial score (nSPS) is 16.0. The van der Waals surface area contributed by atoms with E-state index in [4.69, 9.17) is 9.47 Å². The molecule has 1 unspecified atom stereocenters. The van der Waals surface area contributed by atoms with Gasteiger partial charge in [-0.2, -0.15) is 5.10 Å². The van der Waals surface area contributed by atoms with Gasteiger partial charge in [-0.25, -0.2) is 14.1 Å². The highest BCUT2D eigenvalue weighted by molar-refractivity contribution is 8.00. The molecule has 2 aromatic carbocycles. The lowest BCUT2D eigenvalue weighted by molar-refractivity contribution is -0.137. The van der Waals surface area contributed by atoms with Crippen LogP contribution in [0.4, 0.5) is 4.39 Å². The van der Waals surface area contributed by atoms with Crippen molar-refractivity contribution in [3.8, 4) is 11.4 Å². The molecule has 0 bridgehead atoms. The Morgan fingerprint density at radius 1 is 1.21 bits per heavy atom. The van der Waals surface area contributed by atoms with Gasteiger partial charge in [-0.3, -0.25) is 9.78 Å². The van der Waals surface area contributed by atoms with Crippen molar-refractivity contribution in [1.82, 2.24) is 24.6 Å². The van der Waals surface area contributed by atoms with Gasteiger partial charge in [0.25, 0.3) is 0 Å². The minimum absolute atomic E-state index is 0.0110. The molecule has 0 radical (unpaired) electrons. The smallest absolute Gasteiger partial charge is 0.233 e. The minimum atomic E-state index is -0.322. The van der Waals surface area contributed by atoms with E-state index in [-0.39, 0.29) is 23.6 Å². The number of pyridine rings is 1. The number of carbonyl (C=O) groups excluding carboxylic acids is 1. The number of benzene rings is 2. The Morgan fingerprint density at radius 3 is 2.91 bits per heavy atom. The van der Waals surface area contributed by atoms with Gasteiger partial charge < -0.3 is 14.4 Å². The lowest BCUT2D eigenvalue weighted by atomic mass is 10.2. The van der Waals surface area contributed by atoms with E-state index >= 15 is 0 Å². The van der Waals surface area contributed by atoms with E-state index in [0.29, 0.717) is 43.0 Å². The van der Waals surface area contributed by atoms with Crippen LogP contribution in [0.15, 0.2) is 72.3 Å². The maximum Gasteiger partial charge on any atom is 0.233 e. The van der Waals surface area contributed by atoms with Gasteiger partial charge in [0.1, 0.15) is 36.9 Å². The molecule has 174 valence electrons. The molecule has 1 atom stereocenters. The fourth-order valence-electron chi connectivity index (χ4n) is 3.72. The Balaban J connectivity index is 1.14. The predicted molar refractivity (Wildman–Crippen MR) is 126 cm³/mol. The van der Waals surface area contributed by atoms with Gasteiger partial charge >= 0.3 is 0 Å². The Morgan fingerprint density at radius 2 is 2.09 bits per heavy atom. The first-order valence-corrected chi connectivity index (χ1v) is 11.8. The number of halogens is 1. The first-order chi connectivity index (χ1) is 16.7. The molecule has 0 N–H and O–H groups in total. The van der Waals surface area contributed by atoms with Crippen molar-refractivity contribution in [2.75, 3.05) is 32.1 Å². The van der Waals surface area contributed by atoms with Crippen molar-refractivity contribution < 1.29 is 18.7 Å². The van der Waals surface area contributed by atoms with Gasteiger partial charge in [0.05, 0.1) is 30.1 Å². The van der Waals surface area contributed by atoms with Gasteiger partial charge in [-0.05, 0) is 48.5 Å². The Hall–Kier alpha value is -3.50. The molecule has 8 nitrogen and oxygen atoms in total. The van der Waals surface area contributed by atoms with Crippen LogP contribution in [-0.2, 0) is 9.53 Å². The van der Waals surface area contributed by atoms with Crippen molar-refractivity contribution in [2.45, 2.75) is 11.0 Å². The van der Waals surface area contributed by atoms with E-state index in [1.54, 1.807) is 28.2 Å². The Labute approximate surface area is 199 Å². The molecule has 4 aromatic rings. The van der Waals surface area contributed by atoms with E-state index in [0.717, 1.165) is 10.6 Å². The molecule has 0 saturated carbocycles. The number of hydrogen-bond donors (Lipinski definition) is 0. The number of aromatic nitrogens is 4. The average Bonchev–Trinajstić information content (AvgIpc) is 3.42. The summed E-state index contributed by atoms with van der Waals surface area (Å²) in [5, 5.41) is 4.81. The number of hydrogen-bond acceptors (Lipinski definition) is 7. The molecule has 1 aliphatic heterocycles. The summed E-state index contributed by atoms with van der Waals surface area (Å²) in [4.78, 5) is 23.7. The van der Waals surface area contributed by atoms with E-state index < -0.39 is 0 Å². The molecule has 3 heterocycles. The van der Waals surface area contributed by atoms with Gasteiger partial charge in [-0.15, -0.1) is 11.8 Å². The number of morpholine rings is 1. The number of carbonyl (C=O) groups is 1. The zero-order valence-corrected chi connectivity index (χ0v) is 19.0. The second kappa shape index (κ2) is 10.2. The highest BCUT2D eigenvalue weighted by atomic mass is 32.2. The molecule has 1 aliphatic rings. The summed E-state index contributed by atoms with van der Waals surface area (Å²) in [6, 6.07) is 13.8. The van der Waals surface area contributed by atoms with Gasteiger partial charge in [0.15, 0.2) is 0 Å². The fraction of sp³-hybridized carbons (Fsp3) is 0.250. The van der Waals surface area contributed by atoms with Crippen LogP contribution in [0.5, 0.6) is 5.75 Å². The van der Waals surface area contributed by atoms with Crippen molar-refractivity contribution in [2.24, 2.45) is 0 Å². The third-order valence-corrected chi connectivity index (χ3v) is 6.52. The second-order valence-corrected chi connectivity index (χ2v) is 8.75. The number of rotatable bonds is 7. The van der Waals surface area contributed by atoms with Crippen LogP contribution >= 0.6 is 11.8 Å². The summed E-state index contributed by atoms with van der Waals surface area (Å²) in [6.45, 7) is 1.79. The van der Waals surface area contributed by atoms with E-state index in [2.05, 4.69) is 15.1 Å². The van der Waals surface area contributed by atoms with E-state index in [9.17, 15) is 9.18 Å². The van der Waals surface area contributed by atoms with Crippen LogP contribution in [0.3, 0.4) is 0 Å².